The van der Waals surface area contributed by atoms with Crippen molar-refractivity contribution in [3.05, 3.63) is 51.2 Å². The van der Waals surface area contributed by atoms with Crippen LogP contribution in [0.2, 0.25) is 0 Å². The van der Waals surface area contributed by atoms with E-state index in [1.165, 1.54) is 0 Å². The molecule has 1 aliphatic rings. The van der Waals surface area contributed by atoms with Gasteiger partial charge in [0.1, 0.15) is 10.8 Å². The quantitative estimate of drug-likeness (QED) is 0.868. The van der Waals surface area contributed by atoms with Gasteiger partial charge in [0.15, 0.2) is 0 Å². The Morgan fingerprint density at radius 1 is 1.43 bits per heavy atom. The van der Waals surface area contributed by atoms with Crippen LogP contribution in [0, 0.1) is 19.7 Å². The van der Waals surface area contributed by atoms with Crippen molar-refractivity contribution in [3.8, 4) is 0 Å². The number of halogens is 1. The van der Waals surface area contributed by atoms with Gasteiger partial charge in [0.05, 0.1) is 19.3 Å². The van der Waals surface area contributed by atoms with Crippen LogP contribution in [0.1, 0.15) is 27.9 Å². The van der Waals surface area contributed by atoms with E-state index in [4.69, 9.17) is 4.74 Å². The van der Waals surface area contributed by atoms with Crippen LogP contribution >= 0.6 is 11.3 Å². The monoisotopic (exact) mass is 306 g/mol. The highest BCUT2D eigenvalue weighted by Gasteiger charge is 2.27. The van der Waals surface area contributed by atoms with E-state index >= 15 is 0 Å². The van der Waals surface area contributed by atoms with Crippen LogP contribution in [-0.2, 0) is 11.3 Å². The van der Waals surface area contributed by atoms with Crippen molar-refractivity contribution in [2.45, 2.75) is 26.4 Å². The van der Waals surface area contributed by atoms with Crippen LogP contribution in [-0.4, -0.2) is 29.6 Å². The third-order valence-corrected chi connectivity index (χ3v) is 4.83. The van der Waals surface area contributed by atoms with Gasteiger partial charge in [0.25, 0.3) is 0 Å². The van der Waals surface area contributed by atoms with Crippen molar-refractivity contribution in [1.29, 1.82) is 0 Å². The molecule has 1 aromatic heterocycles. The smallest absolute Gasteiger partial charge is 0.126 e. The minimum absolute atomic E-state index is 0.146. The number of hydrogen-bond donors (Lipinski definition) is 0. The molecule has 1 aromatic carbocycles. The lowest BCUT2D eigenvalue weighted by molar-refractivity contribution is -0.0128. The average molecular weight is 306 g/mol. The molecule has 2 heterocycles. The van der Waals surface area contributed by atoms with E-state index in [2.05, 4.69) is 15.3 Å². The molecule has 1 unspecified atom stereocenters. The van der Waals surface area contributed by atoms with Gasteiger partial charge in [-0.1, -0.05) is 12.1 Å². The first-order valence-corrected chi connectivity index (χ1v) is 8.00. The SMILES string of the molecule is Cc1csc(C2COCCN2Cc2ccc(F)c(C)c2)n1. The fourth-order valence-corrected chi connectivity index (χ4v) is 3.53. The molecule has 0 spiro atoms. The van der Waals surface area contributed by atoms with Gasteiger partial charge in [-0.25, -0.2) is 9.37 Å². The summed E-state index contributed by atoms with van der Waals surface area (Å²) in [7, 11) is 0. The fraction of sp³-hybridized carbons (Fsp3) is 0.438. The number of aromatic nitrogens is 1. The number of thiazole rings is 1. The van der Waals surface area contributed by atoms with Gasteiger partial charge in [0.2, 0.25) is 0 Å². The second-order valence-electron chi connectivity index (χ2n) is 5.47. The van der Waals surface area contributed by atoms with Crippen LogP contribution in [0.3, 0.4) is 0 Å². The Kier molecular flexibility index (Phi) is 4.33. The predicted octanol–water partition coefficient (Wildman–Crippen LogP) is 3.47. The van der Waals surface area contributed by atoms with E-state index in [0.29, 0.717) is 12.2 Å². The highest BCUT2D eigenvalue weighted by Crippen LogP contribution is 2.28. The van der Waals surface area contributed by atoms with E-state index in [0.717, 1.165) is 36.0 Å². The Balaban J connectivity index is 1.79. The van der Waals surface area contributed by atoms with Gasteiger partial charge in [-0.15, -0.1) is 11.3 Å². The maximum atomic E-state index is 13.4. The lowest BCUT2D eigenvalue weighted by Gasteiger charge is -2.34. The summed E-state index contributed by atoms with van der Waals surface area (Å²) in [6.45, 7) is 6.90. The van der Waals surface area contributed by atoms with Crippen LogP contribution in [0.5, 0.6) is 0 Å². The number of aryl methyl sites for hydroxylation is 2. The molecule has 3 rings (SSSR count). The first-order chi connectivity index (χ1) is 10.1. The molecule has 21 heavy (non-hydrogen) atoms. The van der Waals surface area contributed by atoms with Gasteiger partial charge in [-0.05, 0) is 31.0 Å². The molecule has 112 valence electrons. The van der Waals surface area contributed by atoms with E-state index in [9.17, 15) is 4.39 Å². The molecule has 1 atom stereocenters. The molecular formula is C16H19FN2OS. The first kappa shape index (κ1) is 14.6. The third kappa shape index (κ3) is 3.31. The molecule has 0 radical (unpaired) electrons. The zero-order chi connectivity index (χ0) is 14.8. The molecule has 0 N–H and O–H groups in total. The Morgan fingerprint density at radius 2 is 2.29 bits per heavy atom. The maximum Gasteiger partial charge on any atom is 0.126 e. The number of ether oxygens (including phenoxy) is 1. The summed E-state index contributed by atoms with van der Waals surface area (Å²) in [6.07, 6.45) is 0. The first-order valence-electron chi connectivity index (χ1n) is 7.12. The van der Waals surface area contributed by atoms with Gasteiger partial charge < -0.3 is 4.74 Å². The maximum absolute atomic E-state index is 13.4. The van der Waals surface area contributed by atoms with Crippen molar-refractivity contribution in [1.82, 2.24) is 9.88 Å². The molecule has 0 bridgehead atoms. The Morgan fingerprint density at radius 3 is 3.00 bits per heavy atom. The summed E-state index contributed by atoms with van der Waals surface area (Å²) in [5.41, 5.74) is 2.88. The highest BCUT2D eigenvalue weighted by molar-refractivity contribution is 7.09. The van der Waals surface area contributed by atoms with Crippen LogP contribution < -0.4 is 0 Å². The van der Waals surface area contributed by atoms with E-state index in [-0.39, 0.29) is 11.9 Å². The standard InChI is InChI=1S/C16H19FN2OS/c1-11-7-13(3-4-14(11)17)8-19-5-6-20-9-15(19)16-18-12(2)10-21-16/h3-4,7,10,15H,5-6,8-9H2,1-2H3. The van der Waals surface area contributed by atoms with E-state index in [1.807, 2.05) is 19.1 Å². The zero-order valence-corrected chi connectivity index (χ0v) is 13.1. The molecule has 1 fully saturated rings. The average Bonchev–Trinajstić information content (AvgIpc) is 2.90. The van der Waals surface area contributed by atoms with Crippen molar-refractivity contribution in [2.75, 3.05) is 19.8 Å². The van der Waals surface area contributed by atoms with E-state index in [1.54, 1.807) is 24.3 Å². The summed E-state index contributed by atoms with van der Waals surface area (Å²) < 4.78 is 19.0. The number of nitrogens with zero attached hydrogens (tertiary/aromatic N) is 2. The summed E-state index contributed by atoms with van der Waals surface area (Å²) in [4.78, 5) is 6.96. The Labute approximate surface area is 128 Å². The van der Waals surface area contributed by atoms with Crippen LogP contribution in [0.4, 0.5) is 4.39 Å². The second-order valence-corrected chi connectivity index (χ2v) is 6.36. The van der Waals surface area contributed by atoms with E-state index < -0.39 is 0 Å². The van der Waals surface area contributed by atoms with Crippen molar-refractivity contribution in [2.24, 2.45) is 0 Å². The zero-order valence-electron chi connectivity index (χ0n) is 12.3. The molecule has 1 saturated heterocycles. The lowest BCUT2D eigenvalue weighted by atomic mass is 10.1. The number of benzene rings is 1. The van der Waals surface area contributed by atoms with Crippen LogP contribution in [0.25, 0.3) is 0 Å². The van der Waals surface area contributed by atoms with Crippen molar-refractivity contribution < 1.29 is 9.13 Å². The molecule has 2 aromatic rings. The van der Waals surface area contributed by atoms with Gasteiger partial charge in [0, 0.05) is 24.2 Å². The van der Waals surface area contributed by atoms with Crippen LogP contribution in [0.15, 0.2) is 23.6 Å². The minimum Gasteiger partial charge on any atom is -0.378 e. The topological polar surface area (TPSA) is 25.4 Å². The third-order valence-electron chi connectivity index (χ3n) is 3.77. The fourth-order valence-electron chi connectivity index (χ4n) is 2.62. The molecule has 0 aliphatic carbocycles. The number of morpholine rings is 1. The largest absolute Gasteiger partial charge is 0.378 e. The summed E-state index contributed by atoms with van der Waals surface area (Å²) in [6, 6.07) is 5.53. The Hall–Kier alpha value is -1.30. The molecule has 0 amide bonds. The molecular weight excluding hydrogens is 287 g/mol. The second kappa shape index (κ2) is 6.22. The summed E-state index contributed by atoms with van der Waals surface area (Å²) >= 11 is 1.68. The normalized spacial score (nSPS) is 19.9. The van der Waals surface area contributed by atoms with Crippen molar-refractivity contribution >= 4 is 11.3 Å². The minimum atomic E-state index is -0.146. The molecule has 0 saturated carbocycles. The predicted molar refractivity (Wildman–Crippen MR) is 82.0 cm³/mol. The highest BCUT2D eigenvalue weighted by atomic mass is 32.1. The summed E-state index contributed by atoms with van der Waals surface area (Å²) in [5, 5.41) is 3.18. The van der Waals surface area contributed by atoms with Crippen molar-refractivity contribution in [3.63, 3.8) is 0 Å². The van der Waals surface area contributed by atoms with Gasteiger partial charge in [-0.2, -0.15) is 0 Å². The van der Waals surface area contributed by atoms with Gasteiger partial charge in [-0.3, -0.25) is 4.90 Å². The lowest BCUT2D eigenvalue weighted by Crippen LogP contribution is -2.39. The van der Waals surface area contributed by atoms with Gasteiger partial charge >= 0.3 is 0 Å². The molecule has 1 aliphatic heterocycles. The molecule has 3 nitrogen and oxygen atoms in total. The number of rotatable bonds is 3. The Bertz CT molecular complexity index is 628. The summed E-state index contributed by atoms with van der Waals surface area (Å²) in [5.74, 6) is -0.146. The molecule has 5 heteroatoms. The number of hydrogen-bond acceptors (Lipinski definition) is 4.